The van der Waals surface area contributed by atoms with Crippen LogP contribution in [0.25, 0.3) is 10.8 Å². The van der Waals surface area contributed by atoms with Gasteiger partial charge in [-0.15, -0.1) is 0 Å². The molecule has 0 aliphatic carbocycles. The van der Waals surface area contributed by atoms with Crippen molar-refractivity contribution in [3.05, 3.63) is 48.0 Å². The Morgan fingerprint density at radius 1 is 1.12 bits per heavy atom. The molecule has 0 heterocycles. The van der Waals surface area contributed by atoms with Gasteiger partial charge in [-0.05, 0) is 22.8 Å². The molecule has 0 fully saturated rings. The normalized spacial score (nSPS) is 9.06. The average Bonchev–Trinajstić information content (AvgIpc) is 2.31. The fraction of sp³-hybridized carbons (Fsp3) is 0.214. The topological polar surface area (TPSA) is 40.9 Å². The minimum Gasteiger partial charge on any atom is -0.222 e. The number of benzene rings is 2. The van der Waals surface area contributed by atoms with Crippen LogP contribution in [0.3, 0.4) is 0 Å². The summed E-state index contributed by atoms with van der Waals surface area (Å²) in [6, 6.07) is 15.1. The molecule has 2 nitrogen and oxygen atoms in total. The van der Waals surface area contributed by atoms with Gasteiger partial charge < -0.3 is 0 Å². The van der Waals surface area contributed by atoms with Crippen molar-refractivity contribution in [2.45, 2.75) is 19.8 Å². The molecular formula is C14H15NO. The molecule has 0 radical (unpaired) electrons. The fourth-order valence-corrected chi connectivity index (χ4v) is 1.78. The highest BCUT2D eigenvalue weighted by Gasteiger charge is 1.97. The molecule has 0 aliphatic heterocycles. The third-order valence-corrected chi connectivity index (χ3v) is 2.40. The van der Waals surface area contributed by atoms with Crippen LogP contribution in [0, 0.1) is 5.41 Å². The van der Waals surface area contributed by atoms with E-state index in [4.69, 9.17) is 10.2 Å². The van der Waals surface area contributed by atoms with Crippen LogP contribution in [-0.4, -0.2) is 6.08 Å². The number of nitrogens with one attached hydrogen (secondary N) is 1. The Morgan fingerprint density at radius 3 is 2.44 bits per heavy atom. The van der Waals surface area contributed by atoms with Crippen molar-refractivity contribution < 1.29 is 4.79 Å². The lowest BCUT2D eigenvalue weighted by Gasteiger charge is -2.03. The Hall–Kier alpha value is -1.92. The van der Waals surface area contributed by atoms with Crippen LogP contribution in [0.4, 0.5) is 0 Å². The lowest BCUT2D eigenvalue weighted by atomic mass is 10.0. The van der Waals surface area contributed by atoms with Gasteiger partial charge in [0.25, 0.3) is 0 Å². The summed E-state index contributed by atoms with van der Waals surface area (Å²) in [5, 5.41) is 8.17. The fourth-order valence-electron chi connectivity index (χ4n) is 1.78. The lowest BCUT2D eigenvalue weighted by Crippen LogP contribution is -1.84. The van der Waals surface area contributed by atoms with E-state index >= 15 is 0 Å². The molecule has 0 aliphatic rings. The van der Waals surface area contributed by atoms with E-state index in [1.807, 2.05) is 0 Å². The zero-order valence-corrected chi connectivity index (χ0v) is 9.36. The van der Waals surface area contributed by atoms with Crippen LogP contribution in [0.5, 0.6) is 0 Å². The summed E-state index contributed by atoms with van der Waals surface area (Å²) >= 11 is 0. The largest absolute Gasteiger partial charge is 0.231 e. The van der Waals surface area contributed by atoms with Crippen LogP contribution in [0.1, 0.15) is 18.9 Å². The second-order valence-corrected chi connectivity index (χ2v) is 3.49. The molecule has 0 amide bonds. The van der Waals surface area contributed by atoms with E-state index < -0.39 is 0 Å². The standard InChI is InChI=1S/C13H14.CHNO/c1-2-6-11-8-5-9-12-7-3-4-10-13(11)12;2-1-3/h3-5,7-10H,2,6H2,1H3;2H. The Morgan fingerprint density at radius 2 is 1.75 bits per heavy atom. The van der Waals surface area contributed by atoms with Gasteiger partial charge in [0.2, 0.25) is 6.08 Å². The van der Waals surface area contributed by atoms with Gasteiger partial charge >= 0.3 is 0 Å². The summed E-state index contributed by atoms with van der Waals surface area (Å²) in [4.78, 5) is 8.35. The number of aryl methyl sites for hydroxylation is 1. The molecule has 0 aromatic heterocycles. The van der Waals surface area contributed by atoms with Gasteiger partial charge in [0, 0.05) is 0 Å². The molecular weight excluding hydrogens is 198 g/mol. The number of carbonyl (C=O) groups excluding carboxylic acids is 1. The molecule has 2 aromatic carbocycles. The van der Waals surface area contributed by atoms with E-state index in [0.29, 0.717) is 0 Å². The average molecular weight is 213 g/mol. The molecule has 1 N–H and O–H groups in total. The number of hydrogen-bond acceptors (Lipinski definition) is 2. The predicted octanol–water partition coefficient (Wildman–Crippen LogP) is 3.69. The first kappa shape index (κ1) is 12.2. The van der Waals surface area contributed by atoms with Crippen molar-refractivity contribution in [3.63, 3.8) is 0 Å². The summed E-state index contributed by atoms with van der Waals surface area (Å²) in [7, 11) is 0. The second-order valence-electron chi connectivity index (χ2n) is 3.49. The Balaban J connectivity index is 0.000000386. The lowest BCUT2D eigenvalue weighted by molar-refractivity contribution is 0.563. The van der Waals surface area contributed by atoms with E-state index in [-0.39, 0.29) is 0 Å². The first-order valence-electron chi connectivity index (χ1n) is 5.34. The highest BCUT2D eigenvalue weighted by Crippen LogP contribution is 2.19. The second kappa shape index (κ2) is 6.54. The van der Waals surface area contributed by atoms with Crippen molar-refractivity contribution in [1.29, 1.82) is 5.41 Å². The molecule has 0 atom stereocenters. The zero-order valence-electron chi connectivity index (χ0n) is 9.36. The molecule has 82 valence electrons. The third-order valence-electron chi connectivity index (χ3n) is 2.40. The Bertz CT molecular complexity index is 480. The van der Waals surface area contributed by atoms with Crippen LogP contribution in [0.2, 0.25) is 0 Å². The van der Waals surface area contributed by atoms with Gasteiger partial charge in [-0.3, -0.25) is 0 Å². The van der Waals surface area contributed by atoms with E-state index in [1.54, 1.807) is 0 Å². The minimum atomic E-state index is 0.750. The maximum Gasteiger partial charge on any atom is 0.231 e. The number of hydrogen-bond donors (Lipinski definition) is 1. The molecule has 16 heavy (non-hydrogen) atoms. The number of isocyanates is 1. The molecule has 0 saturated heterocycles. The summed E-state index contributed by atoms with van der Waals surface area (Å²) in [6.45, 7) is 2.22. The highest BCUT2D eigenvalue weighted by atomic mass is 16.1. The van der Waals surface area contributed by atoms with Gasteiger partial charge in [-0.25, -0.2) is 10.2 Å². The highest BCUT2D eigenvalue weighted by molar-refractivity contribution is 5.85. The summed E-state index contributed by atoms with van der Waals surface area (Å²) in [5.74, 6) is 0. The van der Waals surface area contributed by atoms with Crippen LogP contribution in [0.15, 0.2) is 42.5 Å². The molecule has 2 aromatic rings. The minimum absolute atomic E-state index is 0.750. The maximum absolute atomic E-state index is 8.35. The van der Waals surface area contributed by atoms with Crippen molar-refractivity contribution in [3.8, 4) is 0 Å². The van der Waals surface area contributed by atoms with E-state index in [0.717, 1.165) is 6.08 Å². The van der Waals surface area contributed by atoms with E-state index in [2.05, 4.69) is 49.4 Å². The molecule has 0 bridgehead atoms. The van der Waals surface area contributed by atoms with Crippen LogP contribution < -0.4 is 0 Å². The first-order valence-corrected chi connectivity index (χ1v) is 5.34. The Labute approximate surface area is 95.4 Å². The van der Waals surface area contributed by atoms with Crippen molar-refractivity contribution >= 4 is 16.9 Å². The van der Waals surface area contributed by atoms with Gasteiger partial charge in [0.05, 0.1) is 0 Å². The molecule has 2 rings (SSSR count). The van der Waals surface area contributed by atoms with Crippen molar-refractivity contribution in [2.75, 3.05) is 0 Å². The van der Waals surface area contributed by atoms with E-state index in [9.17, 15) is 0 Å². The first-order chi connectivity index (χ1) is 7.83. The SMILES string of the molecule is CCCc1cccc2ccccc12.N=C=O. The van der Waals surface area contributed by atoms with Gasteiger partial charge in [-0.1, -0.05) is 55.8 Å². The predicted molar refractivity (Wildman–Crippen MR) is 66.4 cm³/mol. The van der Waals surface area contributed by atoms with E-state index in [1.165, 1.54) is 29.2 Å². The van der Waals surface area contributed by atoms with Crippen molar-refractivity contribution in [2.24, 2.45) is 0 Å². The summed E-state index contributed by atoms with van der Waals surface area (Å²) < 4.78 is 0. The zero-order chi connectivity index (χ0) is 11.8. The monoisotopic (exact) mass is 213 g/mol. The molecule has 0 spiro atoms. The van der Waals surface area contributed by atoms with Gasteiger partial charge in [0.1, 0.15) is 0 Å². The van der Waals surface area contributed by atoms with Crippen molar-refractivity contribution in [1.82, 2.24) is 0 Å². The smallest absolute Gasteiger partial charge is 0.222 e. The number of fused-ring (bicyclic) bond motifs is 1. The van der Waals surface area contributed by atoms with Gasteiger partial charge in [0.15, 0.2) is 0 Å². The van der Waals surface area contributed by atoms with Crippen LogP contribution in [-0.2, 0) is 11.2 Å². The number of rotatable bonds is 2. The third kappa shape index (κ3) is 3.04. The Kier molecular flexibility index (Phi) is 4.97. The summed E-state index contributed by atoms with van der Waals surface area (Å²) in [6.07, 6.45) is 3.15. The quantitative estimate of drug-likeness (QED) is 0.599. The van der Waals surface area contributed by atoms with Crippen LogP contribution >= 0.6 is 0 Å². The molecule has 0 unspecified atom stereocenters. The summed E-state index contributed by atoms with van der Waals surface area (Å²) in [5.41, 5.74) is 1.47. The van der Waals surface area contributed by atoms with Gasteiger partial charge in [-0.2, -0.15) is 0 Å². The molecule has 2 heteroatoms. The maximum atomic E-state index is 8.35. The molecule has 0 saturated carbocycles.